The number of carboxylic acid groups (broad SMARTS) is 1. The number of hydrogen-bond donors (Lipinski definition) is 3. The molecule has 1 rings (SSSR count). The number of carbonyl (C=O) groups excluding carboxylic acids is 1. The van der Waals surface area contributed by atoms with Crippen LogP contribution in [0.15, 0.2) is 12.1 Å². The van der Waals surface area contributed by atoms with Crippen molar-refractivity contribution < 1.29 is 14.7 Å². The van der Waals surface area contributed by atoms with E-state index < -0.39 is 5.97 Å². The summed E-state index contributed by atoms with van der Waals surface area (Å²) in [6, 6.07) is 2.62. The second-order valence-electron chi connectivity index (χ2n) is 4.21. The van der Waals surface area contributed by atoms with Gasteiger partial charge >= 0.3 is 5.97 Å². The average molecular weight is 335 g/mol. The highest BCUT2D eigenvalue weighted by Crippen LogP contribution is 2.30. The molecule has 5 nitrogen and oxygen atoms in total. The van der Waals surface area contributed by atoms with Crippen LogP contribution in [0.25, 0.3) is 0 Å². The van der Waals surface area contributed by atoms with Crippen molar-refractivity contribution in [2.24, 2.45) is 5.92 Å². The summed E-state index contributed by atoms with van der Waals surface area (Å²) in [5.41, 5.74) is -0.0544. The molecule has 1 aromatic carbocycles. The minimum Gasteiger partial charge on any atom is -0.478 e. The molecule has 20 heavy (non-hydrogen) atoms. The van der Waals surface area contributed by atoms with Gasteiger partial charge in [0, 0.05) is 10.9 Å². The third-order valence-electron chi connectivity index (χ3n) is 2.29. The molecule has 1 amide bonds. The van der Waals surface area contributed by atoms with E-state index in [1.807, 2.05) is 0 Å². The third kappa shape index (κ3) is 4.33. The van der Waals surface area contributed by atoms with Crippen LogP contribution in [0.4, 0.5) is 5.69 Å². The van der Waals surface area contributed by atoms with E-state index in [0.717, 1.165) is 0 Å². The maximum atomic E-state index is 11.5. The number of hydrogen-bond acceptors (Lipinski definition) is 3. The van der Waals surface area contributed by atoms with Crippen LogP contribution in [-0.2, 0) is 4.79 Å². The molecular weight excluding hydrogens is 323 g/mol. The maximum absolute atomic E-state index is 11.5. The van der Waals surface area contributed by atoms with Crippen molar-refractivity contribution in [3.63, 3.8) is 0 Å². The van der Waals surface area contributed by atoms with Crippen LogP contribution in [-0.4, -0.2) is 22.1 Å². The van der Waals surface area contributed by atoms with Gasteiger partial charge in [-0.3, -0.25) is 4.79 Å². The fraction of sp³-hybridized carbons (Fsp3) is 0.250. The first-order valence-electron chi connectivity index (χ1n) is 5.56. The predicted octanol–water partition coefficient (Wildman–Crippen LogP) is 3.16. The molecule has 3 N–H and O–H groups in total. The summed E-state index contributed by atoms with van der Waals surface area (Å²) in [5.74, 6) is -1.76. The Bertz CT molecular complexity index is 576. The first-order valence-corrected chi connectivity index (χ1v) is 6.73. The zero-order valence-corrected chi connectivity index (χ0v) is 13.0. The van der Waals surface area contributed by atoms with Crippen LogP contribution >= 0.6 is 35.4 Å². The molecule has 0 aliphatic carbocycles. The summed E-state index contributed by atoms with van der Waals surface area (Å²) < 4.78 is 0. The second kappa shape index (κ2) is 6.88. The Morgan fingerprint density at radius 3 is 2.40 bits per heavy atom. The Kier molecular flexibility index (Phi) is 5.74. The van der Waals surface area contributed by atoms with Gasteiger partial charge in [-0.2, -0.15) is 0 Å². The highest BCUT2D eigenvalue weighted by Gasteiger charge is 2.17. The van der Waals surface area contributed by atoms with E-state index in [4.69, 9.17) is 40.5 Å². The van der Waals surface area contributed by atoms with Gasteiger partial charge in [0.05, 0.1) is 16.3 Å². The summed E-state index contributed by atoms with van der Waals surface area (Å²) >= 11 is 16.6. The van der Waals surface area contributed by atoms with E-state index in [-0.39, 0.29) is 38.2 Å². The van der Waals surface area contributed by atoms with Gasteiger partial charge in [0.2, 0.25) is 5.91 Å². The molecule has 0 aliphatic rings. The molecule has 0 spiro atoms. The van der Waals surface area contributed by atoms with Crippen molar-refractivity contribution in [1.82, 2.24) is 5.32 Å². The summed E-state index contributed by atoms with van der Waals surface area (Å²) in [5, 5.41) is 14.4. The molecular formula is C12H12Cl2N2O3S. The maximum Gasteiger partial charge on any atom is 0.337 e. The zero-order valence-electron chi connectivity index (χ0n) is 10.7. The van der Waals surface area contributed by atoms with E-state index in [0.29, 0.717) is 0 Å². The van der Waals surface area contributed by atoms with Crippen LogP contribution < -0.4 is 10.6 Å². The zero-order chi connectivity index (χ0) is 15.4. The summed E-state index contributed by atoms with van der Waals surface area (Å²) in [4.78, 5) is 22.6. The molecule has 0 saturated carbocycles. The highest BCUT2D eigenvalue weighted by atomic mass is 35.5. The molecule has 0 saturated heterocycles. The largest absolute Gasteiger partial charge is 0.478 e. The van der Waals surface area contributed by atoms with Gasteiger partial charge in [0.25, 0.3) is 0 Å². The number of benzene rings is 1. The van der Waals surface area contributed by atoms with E-state index in [2.05, 4.69) is 10.6 Å². The standard InChI is InChI=1S/C12H12Cl2N2O3S/c1-5(2)10(17)16-12(20)15-9-7(11(18)19)3-6(13)4-8(9)14/h3-5H,1-2H3,(H,18,19)(H2,15,16,17,20). The normalized spacial score (nSPS) is 10.2. The van der Waals surface area contributed by atoms with Crippen molar-refractivity contribution in [2.75, 3.05) is 5.32 Å². The van der Waals surface area contributed by atoms with Crippen LogP contribution in [0.2, 0.25) is 10.0 Å². The Morgan fingerprint density at radius 2 is 1.90 bits per heavy atom. The number of amides is 1. The van der Waals surface area contributed by atoms with Gasteiger partial charge in [-0.25, -0.2) is 4.79 Å². The van der Waals surface area contributed by atoms with Crippen molar-refractivity contribution in [3.05, 3.63) is 27.7 Å². The predicted molar refractivity (Wildman–Crippen MR) is 82.6 cm³/mol. The average Bonchev–Trinajstić information content (AvgIpc) is 2.31. The fourth-order valence-corrected chi connectivity index (χ4v) is 2.01. The topological polar surface area (TPSA) is 78.4 Å². The quantitative estimate of drug-likeness (QED) is 0.740. The lowest BCUT2D eigenvalue weighted by molar-refractivity contribution is -0.122. The number of nitrogens with one attached hydrogen (secondary N) is 2. The van der Waals surface area contributed by atoms with Crippen LogP contribution in [0.1, 0.15) is 24.2 Å². The minimum atomic E-state index is -1.21. The molecule has 0 aliphatic heterocycles. The minimum absolute atomic E-state index is 0.0320. The lowest BCUT2D eigenvalue weighted by Crippen LogP contribution is -2.37. The Balaban J connectivity index is 3.00. The monoisotopic (exact) mass is 334 g/mol. The third-order valence-corrected chi connectivity index (χ3v) is 3.01. The molecule has 0 fully saturated rings. The van der Waals surface area contributed by atoms with Crippen molar-refractivity contribution in [2.45, 2.75) is 13.8 Å². The van der Waals surface area contributed by atoms with E-state index in [9.17, 15) is 9.59 Å². The first kappa shape index (κ1) is 16.7. The molecule has 0 heterocycles. The molecule has 0 atom stereocenters. The summed E-state index contributed by atoms with van der Waals surface area (Å²) in [6.45, 7) is 3.41. The smallest absolute Gasteiger partial charge is 0.337 e. The van der Waals surface area contributed by atoms with Gasteiger partial charge in [-0.1, -0.05) is 37.0 Å². The molecule has 0 bridgehead atoms. The Hall–Kier alpha value is -1.37. The number of halogens is 2. The molecule has 8 heteroatoms. The molecule has 1 aromatic rings. The number of rotatable bonds is 3. The van der Waals surface area contributed by atoms with Crippen molar-refractivity contribution in [3.8, 4) is 0 Å². The number of carbonyl (C=O) groups is 2. The van der Waals surface area contributed by atoms with Crippen LogP contribution in [0.3, 0.4) is 0 Å². The lowest BCUT2D eigenvalue weighted by atomic mass is 10.2. The fourth-order valence-electron chi connectivity index (χ4n) is 1.27. The lowest BCUT2D eigenvalue weighted by Gasteiger charge is -2.14. The summed E-state index contributed by atoms with van der Waals surface area (Å²) in [7, 11) is 0. The molecule has 0 radical (unpaired) electrons. The van der Waals surface area contributed by atoms with Crippen molar-refractivity contribution >= 4 is 58.1 Å². The highest BCUT2D eigenvalue weighted by molar-refractivity contribution is 7.80. The van der Waals surface area contributed by atoms with Crippen molar-refractivity contribution in [1.29, 1.82) is 0 Å². The van der Waals surface area contributed by atoms with Gasteiger partial charge in [0.15, 0.2) is 5.11 Å². The van der Waals surface area contributed by atoms with Crippen LogP contribution in [0.5, 0.6) is 0 Å². The Morgan fingerprint density at radius 1 is 1.30 bits per heavy atom. The van der Waals surface area contributed by atoms with E-state index >= 15 is 0 Å². The van der Waals surface area contributed by atoms with Gasteiger partial charge < -0.3 is 15.7 Å². The number of aromatic carboxylic acids is 1. The number of carboxylic acids is 1. The van der Waals surface area contributed by atoms with Gasteiger partial charge in [-0.05, 0) is 24.4 Å². The number of anilines is 1. The summed E-state index contributed by atoms with van der Waals surface area (Å²) in [6.07, 6.45) is 0. The van der Waals surface area contributed by atoms with E-state index in [1.165, 1.54) is 12.1 Å². The first-order chi connectivity index (χ1) is 9.22. The molecule has 108 valence electrons. The SMILES string of the molecule is CC(C)C(=O)NC(=S)Nc1c(Cl)cc(Cl)cc1C(=O)O. The molecule has 0 unspecified atom stereocenters. The van der Waals surface area contributed by atoms with Gasteiger partial charge in [-0.15, -0.1) is 0 Å². The van der Waals surface area contributed by atoms with Gasteiger partial charge in [0.1, 0.15) is 0 Å². The number of thiocarbonyl (C=S) groups is 1. The van der Waals surface area contributed by atoms with Crippen LogP contribution in [0, 0.1) is 5.92 Å². The second-order valence-corrected chi connectivity index (χ2v) is 5.47. The molecule has 0 aromatic heterocycles. The Labute approximate surface area is 131 Å². The van der Waals surface area contributed by atoms with E-state index in [1.54, 1.807) is 13.8 Å².